The van der Waals surface area contributed by atoms with Crippen LogP contribution < -0.4 is 24.0 Å². The minimum atomic E-state index is -0.379. The molecule has 0 N–H and O–H groups in total. The predicted molar refractivity (Wildman–Crippen MR) is 81.4 cm³/mol. The van der Waals surface area contributed by atoms with Gasteiger partial charge in [-0.25, -0.2) is 4.79 Å². The summed E-state index contributed by atoms with van der Waals surface area (Å²) in [5, 5.41) is 0.846. The Morgan fingerprint density at radius 3 is 2.52 bits per heavy atom. The number of carbonyl (C=O) groups excluding carboxylic acids is 1. The van der Waals surface area contributed by atoms with Crippen LogP contribution in [0.2, 0.25) is 10.0 Å². The number of piperidine rings is 1. The van der Waals surface area contributed by atoms with Crippen LogP contribution in [0, 0.1) is 0 Å². The molecule has 6 heteroatoms. The quantitative estimate of drug-likeness (QED) is 0.390. The smallest absolute Gasteiger partial charge is 0.339 e. The van der Waals surface area contributed by atoms with Crippen molar-refractivity contribution in [2.45, 2.75) is 19.3 Å². The van der Waals surface area contributed by atoms with E-state index in [1.54, 1.807) is 18.2 Å². The lowest BCUT2D eigenvalue weighted by Gasteiger charge is -2.37. The fourth-order valence-corrected chi connectivity index (χ4v) is 3.08. The van der Waals surface area contributed by atoms with Crippen LogP contribution in [0.1, 0.15) is 29.6 Å². The highest BCUT2D eigenvalue weighted by atomic mass is 127. The normalized spacial score (nSPS) is 16.9. The number of ether oxygens (including phenoxy) is 1. The van der Waals surface area contributed by atoms with Gasteiger partial charge in [0.1, 0.15) is 13.2 Å². The van der Waals surface area contributed by atoms with Crippen molar-refractivity contribution in [1.29, 1.82) is 0 Å². The maximum Gasteiger partial charge on any atom is 0.339 e. The van der Waals surface area contributed by atoms with Crippen LogP contribution in [0.25, 0.3) is 0 Å². The number of likely N-dealkylation sites (tertiary alicyclic amines) is 1. The van der Waals surface area contributed by atoms with E-state index in [4.69, 9.17) is 27.9 Å². The molecular weight excluding hydrogens is 424 g/mol. The molecule has 0 spiro atoms. The van der Waals surface area contributed by atoms with Gasteiger partial charge in [-0.2, -0.15) is 0 Å². The van der Waals surface area contributed by atoms with Gasteiger partial charge in [0.15, 0.2) is 0 Å². The van der Waals surface area contributed by atoms with Gasteiger partial charge in [0, 0.05) is 5.02 Å². The molecule has 0 amide bonds. The number of rotatable bonds is 4. The van der Waals surface area contributed by atoms with Crippen molar-refractivity contribution in [2.75, 3.05) is 33.3 Å². The van der Waals surface area contributed by atoms with E-state index >= 15 is 0 Å². The number of nitrogens with zero attached hydrogens (tertiary/aromatic N) is 1. The molecule has 1 aliphatic rings. The monoisotopic (exact) mass is 443 g/mol. The number of esters is 1. The molecule has 21 heavy (non-hydrogen) atoms. The molecule has 2 rings (SSSR count). The Morgan fingerprint density at radius 2 is 1.90 bits per heavy atom. The van der Waals surface area contributed by atoms with Gasteiger partial charge in [0.05, 0.1) is 30.7 Å². The van der Waals surface area contributed by atoms with Crippen molar-refractivity contribution in [3.8, 4) is 0 Å². The van der Waals surface area contributed by atoms with Crippen LogP contribution >= 0.6 is 23.2 Å². The van der Waals surface area contributed by atoms with Crippen LogP contribution in [-0.4, -0.2) is 43.7 Å². The number of carbonyl (C=O) groups is 1. The van der Waals surface area contributed by atoms with Gasteiger partial charge in [-0.15, -0.1) is 0 Å². The first-order valence-corrected chi connectivity index (χ1v) is 7.71. The van der Waals surface area contributed by atoms with E-state index in [0.717, 1.165) is 11.0 Å². The summed E-state index contributed by atoms with van der Waals surface area (Å²) in [6, 6.07) is 4.80. The zero-order chi connectivity index (χ0) is 14.6. The fourth-order valence-electron chi connectivity index (χ4n) is 2.59. The molecule has 1 fully saturated rings. The Bertz CT molecular complexity index is 491. The summed E-state index contributed by atoms with van der Waals surface area (Å²) in [6.45, 7) is 3.61. The van der Waals surface area contributed by atoms with Crippen molar-refractivity contribution < 1.29 is 38.0 Å². The third kappa shape index (κ3) is 5.58. The lowest BCUT2D eigenvalue weighted by Crippen LogP contribution is -3.00. The molecule has 0 aromatic heterocycles. The summed E-state index contributed by atoms with van der Waals surface area (Å²) < 4.78 is 6.32. The molecule has 0 bridgehead atoms. The molecule has 0 unspecified atom stereocenters. The van der Waals surface area contributed by atoms with Crippen molar-refractivity contribution in [3.05, 3.63) is 33.8 Å². The number of likely N-dealkylation sites (N-methyl/N-ethyl adjacent to an activating group) is 1. The minimum absolute atomic E-state index is 0. The SMILES string of the molecule is C[N+]1(CCOC(=O)c2ccc(Cl)cc2Cl)CCCCC1.[I-]. The Morgan fingerprint density at radius 1 is 1.24 bits per heavy atom. The highest BCUT2D eigenvalue weighted by Gasteiger charge is 2.25. The highest BCUT2D eigenvalue weighted by molar-refractivity contribution is 6.36. The lowest BCUT2D eigenvalue weighted by molar-refractivity contribution is -0.914. The highest BCUT2D eigenvalue weighted by Crippen LogP contribution is 2.22. The van der Waals surface area contributed by atoms with Gasteiger partial charge in [0.2, 0.25) is 0 Å². The third-order valence-corrected chi connectivity index (χ3v) is 4.46. The summed E-state index contributed by atoms with van der Waals surface area (Å²) in [5.41, 5.74) is 0.373. The molecule has 118 valence electrons. The average Bonchev–Trinajstić information content (AvgIpc) is 2.39. The zero-order valence-corrected chi connectivity index (χ0v) is 15.7. The van der Waals surface area contributed by atoms with Gasteiger partial charge in [-0.1, -0.05) is 23.2 Å². The van der Waals surface area contributed by atoms with Gasteiger partial charge in [-0.3, -0.25) is 0 Å². The molecule has 1 saturated heterocycles. The summed E-state index contributed by atoms with van der Waals surface area (Å²) in [4.78, 5) is 12.0. The Balaban J connectivity index is 0.00000220. The van der Waals surface area contributed by atoms with Gasteiger partial charge in [0.25, 0.3) is 0 Å². The first-order chi connectivity index (χ1) is 9.50. The summed E-state index contributed by atoms with van der Waals surface area (Å²) in [5.74, 6) is -0.379. The summed E-state index contributed by atoms with van der Waals surface area (Å²) >= 11 is 11.8. The van der Waals surface area contributed by atoms with Crippen molar-refractivity contribution in [3.63, 3.8) is 0 Å². The Hall–Kier alpha value is -0.0400. The average molecular weight is 444 g/mol. The number of hydrogen-bond acceptors (Lipinski definition) is 2. The van der Waals surface area contributed by atoms with Crippen molar-refractivity contribution >= 4 is 29.2 Å². The number of halogens is 3. The molecule has 0 aliphatic carbocycles. The molecule has 0 atom stereocenters. The van der Waals surface area contributed by atoms with Crippen LogP contribution in [-0.2, 0) is 4.74 Å². The minimum Gasteiger partial charge on any atom is -1.00 e. The zero-order valence-electron chi connectivity index (χ0n) is 12.1. The summed E-state index contributed by atoms with van der Waals surface area (Å²) in [6.07, 6.45) is 3.83. The molecule has 1 aromatic rings. The Kier molecular flexibility index (Phi) is 7.74. The van der Waals surface area contributed by atoms with Crippen LogP contribution in [0.4, 0.5) is 0 Å². The fraction of sp³-hybridized carbons (Fsp3) is 0.533. The number of hydrogen-bond donors (Lipinski definition) is 0. The van der Waals surface area contributed by atoms with E-state index in [-0.39, 0.29) is 29.9 Å². The Labute approximate surface area is 153 Å². The first-order valence-electron chi connectivity index (χ1n) is 6.96. The van der Waals surface area contributed by atoms with E-state index in [2.05, 4.69) is 7.05 Å². The number of quaternary nitrogens is 1. The van der Waals surface area contributed by atoms with Crippen LogP contribution in [0.5, 0.6) is 0 Å². The third-order valence-electron chi connectivity index (χ3n) is 3.91. The van der Waals surface area contributed by atoms with Gasteiger partial charge < -0.3 is 33.2 Å². The van der Waals surface area contributed by atoms with E-state index in [9.17, 15) is 4.79 Å². The maximum atomic E-state index is 12.0. The molecule has 3 nitrogen and oxygen atoms in total. The topological polar surface area (TPSA) is 26.3 Å². The van der Waals surface area contributed by atoms with E-state index in [0.29, 0.717) is 22.2 Å². The van der Waals surface area contributed by atoms with E-state index in [1.165, 1.54) is 32.4 Å². The van der Waals surface area contributed by atoms with E-state index < -0.39 is 0 Å². The molecule has 0 radical (unpaired) electrons. The molecule has 1 heterocycles. The van der Waals surface area contributed by atoms with E-state index in [1.807, 2.05) is 0 Å². The second-order valence-electron chi connectivity index (χ2n) is 5.61. The van der Waals surface area contributed by atoms with Crippen LogP contribution in [0.3, 0.4) is 0 Å². The molecule has 1 aliphatic heterocycles. The second kappa shape index (κ2) is 8.56. The first kappa shape index (κ1) is 19.0. The van der Waals surface area contributed by atoms with Crippen LogP contribution in [0.15, 0.2) is 18.2 Å². The predicted octanol–water partition coefficient (Wildman–Crippen LogP) is 0.785. The van der Waals surface area contributed by atoms with Gasteiger partial charge >= 0.3 is 5.97 Å². The molecule has 0 saturated carbocycles. The second-order valence-corrected chi connectivity index (χ2v) is 6.45. The molecular formula is C15H20Cl2INO2. The van der Waals surface area contributed by atoms with Gasteiger partial charge in [-0.05, 0) is 37.5 Å². The summed E-state index contributed by atoms with van der Waals surface area (Å²) in [7, 11) is 2.22. The molecule has 1 aromatic carbocycles. The largest absolute Gasteiger partial charge is 1.00 e. The maximum absolute atomic E-state index is 12.0. The lowest BCUT2D eigenvalue weighted by atomic mass is 10.1. The number of benzene rings is 1. The van der Waals surface area contributed by atoms with Crippen molar-refractivity contribution in [1.82, 2.24) is 0 Å². The van der Waals surface area contributed by atoms with Crippen molar-refractivity contribution in [2.24, 2.45) is 0 Å². The standard InChI is InChI=1S/C15H20Cl2NO2.HI/c1-18(7-3-2-4-8-18)9-10-20-15(19)13-6-5-12(16)11-14(13)17;/h5-6,11H,2-4,7-10H2,1H3;1H/q+1;/p-1.